The number of thioether (sulfide) groups is 1. The molecule has 3 aromatic rings. The van der Waals surface area contributed by atoms with Crippen LogP contribution in [0.15, 0.2) is 58.5 Å². The Bertz CT molecular complexity index is 962. The number of benzene rings is 2. The lowest BCUT2D eigenvalue weighted by Crippen LogP contribution is -2.24. The molecule has 0 N–H and O–H groups in total. The maximum Gasteiger partial charge on any atom is 0.262 e. The number of carbonyl (C=O) groups excluding carboxylic acids is 1. The van der Waals surface area contributed by atoms with Crippen LogP contribution >= 0.6 is 11.8 Å². The van der Waals surface area contributed by atoms with Gasteiger partial charge in [-0.1, -0.05) is 53.7 Å². The molecule has 0 saturated heterocycles. The molecule has 4 nitrogen and oxygen atoms in total. The first-order chi connectivity index (χ1) is 12.0. The third kappa shape index (κ3) is 4.17. The fraction of sp³-hybridized carbons (Fsp3) is 0.250. The molecule has 0 saturated carbocycles. The van der Waals surface area contributed by atoms with Crippen molar-refractivity contribution in [1.29, 1.82) is 0 Å². The Balaban J connectivity index is 2.02. The van der Waals surface area contributed by atoms with Crippen molar-refractivity contribution < 1.29 is 4.79 Å². The number of aryl methyl sites for hydroxylation is 1. The number of rotatable bonds is 6. The zero-order chi connectivity index (χ0) is 17.8. The van der Waals surface area contributed by atoms with Gasteiger partial charge < -0.3 is 0 Å². The van der Waals surface area contributed by atoms with E-state index in [-0.39, 0.29) is 11.3 Å². The number of ketones is 1. The highest BCUT2D eigenvalue weighted by Crippen LogP contribution is 2.20. The van der Waals surface area contributed by atoms with Gasteiger partial charge in [0.2, 0.25) is 0 Å². The molecule has 0 aliphatic carbocycles. The van der Waals surface area contributed by atoms with Crippen molar-refractivity contribution >= 4 is 28.4 Å². The van der Waals surface area contributed by atoms with E-state index in [4.69, 9.17) is 0 Å². The Morgan fingerprint density at radius 3 is 2.56 bits per heavy atom. The van der Waals surface area contributed by atoms with E-state index in [9.17, 15) is 9.59 Å². The monoisotopic (exact) mass is 352 g/mol. The predicted molar refractivity (Wildman–Crippen MR) is 102 cm³/mol. The summed E-state index contributed by atoms with van der Waals surface area (Å²) in [5.41, 5.74) is 2.89. The second-order valence-corrected chi connectivity index (χ2v) is 7.15. The number of para-hydroxylation sites is 1. The molecule has 0 bridgehead atoms. The summed E-state index contributed by atoms with van der Waals surface area (Å²) in [4.78, 5) is 28.8. The van der Waals surface area contributed by atoms with Crippen LogP contribution in [0.4, 0.5) is 0 Å². The SMILES string of the molecule is CC(=O)CCSc1nc2ccccc2c(=O)n1Cc1ccc(C)cc1. The zero-order valence-corrected chi connectivity index (χ0v) is 15.2. The average Bonchev–Trinajstić information content (AvgIpc) is 2.59. The van der Waals surface area contributed by atoms with E-state index in [1.165, 1.54) is 17.3 Å². The van der Waals surface area contributed by atoms with Crippen molar-refractivity contribution in [3.05, 3.63) is 70.0 Å². The van der Waals surface area contributed by atoms with Crippen LogP contribution in [0.3, 0.4) is 0 Å². The fourth-order valence-electron chi connectivity index (χ4n) is 2.56. The molecular weight excluding hydrogens is 332 g/mol. The number of nitrogens with zero attached hydrogens (tertiary/aromatic N) is 2. The summed E-state index contributed by atoms with van der Waals surface area (Å²) in [7, 11) is 0. The molecule has 5 heteroatoms. The lowest BCUT2D eigenvalue weighted by molar-refractivity contribution is -0.116. The molecule has 0 fully saturated rings. The summed E-state index contributed by atoms with van der Waals surface area (Å²) in [6.45, 7) is 4.09. The van der Waals surface area contributed by atoms with Gasteiger partial charge in [0.05, 0.1) is 17.4 Å². The largest absolute Gasteiger partial charge is 0.300 e. The summed E-state index contributed by atoms with van der Waals surface area (Å²) in [5.74, 6) is 0.759. The average molecular weight is 352 g/mol. The number of Topliss-reactive ketones (excluding diaryl/α,β-unsaturated/α-hetero) is 1. The maximum atomic E-state index is 13.0. The van der Waals surface area contributed by atoms with Crippen LogP contribution < -0.4 is 5.56 Å². The molecule has 0 radical (unpaired) electrons. The van der Waals surface area contributed by atoms with Gasteiger partial charge in [0, 0.05) is 12.2 Å². The summed E-state index contributed by atoms with van der Waals surface area (Å²) in [6, 6.07) is 15.5. The molecule has 0 spiro atoms. The van der Waals surface area contributed by atoms with Gasteiger partial charge in [0.1, 0.15) is 5.78 Å². The van der Waals surface area contributed by atoms with E-state index < -0.39 is 0 Å². The first-order valence-electron chi connectivity index (χ1n) is 8.22. The Morgan fingerprint density at radius 2 is 1.84 bits per heavy atom. The number of fused-ring (bicyclic) bond motifs is 1. The molecule has 1 aromatic heterocycles. The lowest BCUT2D eigenvalue weighted by atomic mass is 10.1. The quantitative estimate of drug-likeness (QED) is 0.500. The number of carbonyl (C=O) groups is 1. The minimum atomic E-state index is -0.0449. The summed E-state index contributed by atoms with van der Waals surface area (Å²) in [6.07, 6.45) is 0.470. The molecule has 25 heavy (non-hydrogen) atoms. The second kappa shape index (κ2) is 7.66. The van der Waals surface area contributed by atoms with E-state index >= 15 is 0 Å². The Kier molecular flexibility index (Phi) is 5.34. The van der Waals surface area contributed by atoms with Gasteiger partial charge in [-0.2, -0.15) is 0 Å². The lowest BCUT2D eigenvalue weighted by Gasteiger charge is -2.13. The van der Waals surface area contributed by atoms with Crippen LogP contribution in [-0.4, -0.2) is 21.1 Å². The van der Waals surface area contributed by atoms with Crippen molar-refractivity contribution in [3.8, 4) is 0 Å². The summed E-state index contributed by atoms with van der Waals surface area (Å²) >= 11 is 1.46. The molecule has 128 valence electrons. The molecule has 0 atom stereocenters. The van der Waals surface area contributed by atoms with Gasteiger partial charge >= 0.3 is 0 Å². The van der Waals surface area contributed by atoms with Gasteiger partial charge in [-0.05, 0) is 31.5 Å². The van der Waals surface area contributed by atoms with Crippen molar-refractivity contribution in [3.63, 3.8) is 0 Å². The van der Waals surface area contributed by atoms with E-state index in [1.807, 2.05) is 49.4 Å². The molecule has 0 unspecified atom stereocenters. The summed E-state index contributed by atoms with van der Waals surface area (Å²) in [5, 5.41) is 1.27. The molecule has 0 aliphatic heterocycles. The topological polar surface area (TPSA) is 52.0 Å². The molecule has 0 aliphatic rings. The van der Waals surface area contributed by atoms with Crippen molar-refractivity contribution in [1.82, 2.24) is 9.55 Å². The second-order valence-electron chi connectivity index (χ2n) is 6.09. The van der Waals surface area contributed by atoms with Crippen molar-refractivity contribution in [2.45, 2.75) is 32.0 Å². The number of hydrogen-bond donors (Lipinski definition) is 0. The Morgan fingerprint density at radius 1 is 1.12 bits per heavy atom. The highest BCUT2D eigenvalue weighted by Gasteiger charge is 2.12. The highest BCUT2D eigenvalue weighted by molar-refractivity contribution is 7.99. The molecule has 2 aromatic carbocycles. The van der Waals surface area contributed by atoms with Gasteiger partial charge in [-0.3, -0.25) is 14.2 Å². The van der Waals surface area contributed by atoms with Gasteiger partial charge in [0.25, 0.3) is 5.56 Å². The third-order valence-corrected chi connectivity index (χ3v) is 4.95. The van der Waals surface area contributed by atoms with Gasteiger partial charge in [0.15, 0.2) is 5.16 Å². The summed E-state index contributed by atoms with van der Waals surface area (Å²) < 4.78 is 1.71. The Labute approximate surface area is 150 Å². The van der Waals surface area contributed by atoms with Crippen LogP contribution in [0.1, 0.15) is 24.5 Å². The number of hydrogen-bond acceptors (Lipinski definition) is 4. The van der Waals surface area contributed by atoms with E-state index in [1.54, 1.807) is 17.6 Å². The standard InChI is InChI=1S/C20H20N2O2S/c1-14-7-9-16(10-8-14)13-22-19(24)17-5-3-4-6-18(17)21-20(22)25-12-11-15(2)23/h3-10H,11-13H2,1-2H3. The Hall–Kier alpha value is -2.40. The van der Waals surface area contributed by atoms with E-state index in [2.05, 4.69) is 4.98 Å². The van der Waals surface area contributed by atoms with Gasteiger partial charge in [-0.25, -0.2) is 4.98 Å². The first kappa shape index (κ1) is 17.4. The van der Waals surface area contributed by atoms with Crippen LogP contribution in [-0.2, 0) is 11.3 Å². The highest BCUT2D eigenvalue weighted by atomic mass is 32.2. The first-order valence-corrected chi connectivity index (χ1v) is 9.20. The fourth-order valence-corrected chi connectivity index (χ4v) is 3.60. The maximum absolute atomic E-state index is 13.0. The van der Waals surface area contributed by atoms with Crippen LogP contribution in [0, 0.1) is 6.92 Å². The molecule has 3 rings (SSSR count). The van der Waals surface area contributed by atoms with E-state index in [0.717, 1.165) is 5.56 Å². The molecule has 1 heterocycles. The van der Waals surface area contributed by atoms with Gasteiger partial charge in [-0.15, -0.1) is 0 Å². The third-order valence-electron chi connectivity index (χ3n) is 3.97. The molecule has 0 amide bonds. The van der Waals surface area contributed by atoms with Crippen LogP contribution in [0.5, 0.6) is 0 Å². The smallest absolute Gasteiger partial charge is 0.262 e. The normalized spacial score (nSPS) is 11.0. The zero-order valence-electron chi connectivity index (χ0n) is 14.4. The van der Waals surface area contributed by atoms with Crippen molar-refractivity contribution in [2.24, 2.45) is 0 Å². The minimum absolute atomic E-state index is 0.0449. The van der Waals surface area contributed by atoms with Crippen LogP contribution in [0.25, 0.3) is 10.9 Å². The number of aromatic nitrogens is 2. The molecular formula is C20H20N2O2S. The van der Waals surface area contributed by atoms with Crippen molar-refractivity contribution in [2.75, 3.05) is 5.75 Å². The van der Waals surface area contributed by atoms with Crippen LogP contribution in [0.2, 0.25) is 0 Å². The minimum Gasteiger partial charge on any atom is -0.300 e. The predicted octanol–water partition coefficient (Wildman–Crippen LogP) is 3.82. The van der Waals surface area contributed by atoms with E-state index in [0.29, 0.717) is 34.8 Å².